The number of rotatable bonds is 6. The molecule has 0 saturated carbocycles. The fourth-order valence-electron chi connectivity index (χ4n) is 1.87. The number of benzene rings is 1. The maximum absolute atomic E-state index is 13.4. The predicted octanol–water partition coefficient (Wildman–Crippen LogP) is 5.14. The number of aryl methyl sites for hydroxylation is 1. The van der Waals surface area contributed by atoms with Crippen molar-refractivity contribution in [3.63, 3.8) is 0 Å². The van der Waals surface area contributed by atoms with Crippen molar-refractivity contribution in [1.82, 2.24) is 0 Å². The molecule has 138 valence electrons. The Labute approximate surface area is 131 Å². The molecule has 0 amide bonds. The van der Waals surface area contributed by atoms with Crippen molar-refractivity contribution in [3.05, 3.63) is 35.4 Å². The van der Waals surface area contributed by atoms with E-state index in [1.165, 1.54) is 12.1 Å². The van der Waals surface area contributed by atoms with Crippen LogP contribution < -0.4 is 0 Å². The number of halogens is 9. The zero-order valence-corrected chi connectivity index (χ0v) is 12.1. The molecule has 1 rings (SSSR count). The van der Waals surface area contributed by atoms with Crippen LogP contribution in [0.25, 0.3) is 0 Å². The number of alkyl halides is 9. The molecule has 1 aromatic rings. The molecule has 1 aromatic carbocycles. The van der Waals surface area contributed by atoms with E-state index in [4.69, 9.17) is 0 Å². The summed E-state index contributed by atoms with van der Waals surface area (Å²) in [5.41, 5.74) is 0.407. The van der Waals surface area contributed by atoms with Crippen LogP contribution in [0, 0.1) is 0 Å². The highest BCUT2D eigenvalue weighted by Gasteiger charge is 2.81. The van der Waals surface area contributed by atoms with Gasteiger partial charge < -0.3 is 5.11 Å². The van der Waals surface area contributed by atoms with Gasteiger partial charge in [-0.2, -0.15) is 39.5 Å². The van der Waals surface area contributed by atoms with Crippen molar-refractivity contribution in [3.8, 4) is 0 Å². The van der Waals surface area contributed by atoms with Gasteiger partial charge in [-0.25, -0.2) is 0 Å². The smallest absolute Gasteiger partial charge is 0.388 e. The third kappa shape index (κ3) is 3.62. The summed E-state index contributed by atoms with van der Waals surface area (Å²) in [7, 11) is 0. The SMILES string of the molecule is CCc1ccc(C(O)CC(F)(F)C(F)(F)C(F)(F)C(F)(F)F)cc1. The Kier molecular flexibility index (Phi) is 5.54. The second kappa shape index (κ2) is 6.45. The van der Waals surface area contributed by atoms with Gasteiger partial charge in [-0.1, -0.05) is 31.2 Å². The second-order valence-electron chi connectivity index (χ2n) is 5.17. The molecule has 0 aliphatic rings. The summed E-state index contributed by atoms with van der Waals surface area (Å²) in [5.74, 6) is -19.5. The molecule has 0 aliphatic carbocycles. The van der Waals surface area contributed by atoms with Gasteiger partial charge in [0, 0.05) is 6.42 Å². The highest BCUT2D eigenvalue weighted by Crippen LogP contribution is 2.55. The molecular weight excluding hydrogens is 355 g/mol. The Balaban J connectivity index is 3.05. The second-order valence-corrected chi connectivity index (χ2v) is 5.17. The minimum atomic E-state index is -6.95. The van der Waals surface area contributed by atoms with Crippen molar-refractivity contribution in [2.75, 3.05) is 0 Å². The first kappa shape index (κ1) is 20.6. The maximum atomic E-state index is 13.4. The number of aliphatic hydroxyl groups is 1. The average Bonchev–Trinajstić information content (AvgIpc) is 2.45. The third-order valence-corrected chi connectivity index (χ3v) is 3.43. The van der Waals surface area contributed by atoms with Gasteiger partial charge in [-0.15, -0.1) is 0 Å². The number of aliphatic hydroxyl groups excluding tert-OH is 1. The summed E-state index contributed by atoms with van der Waals surface area (Å²) in [5, 5.41) is 9.51. The van der Waals surface area contributed by atoms with Crippen LogP contribution in [0.2, 0.25) is 0 Å². The molecule has 1 nitrogen and oxygen atoms in total. The molecule has 0 fully saturated rings. The Morgan fingerprint density at radius 1 is 0.833 bits per heavy atom. The molecule has 1 unspecified atom stereocenters. The molecule has 1 N–H and O–H groups in total. The number of hydrogen-bond acceptors (Lipinski definition) is 1. The molecule has 0 saturated heterocycles. The van der Waals surface area contributed by atoms with Crippen LogP contribution in [0.1, 0.15) is 30.6 Å². The van der Waals surface area contributed by atoms with E-state index in [2.05, 4.69) is 0 Å². The summed E-state index contributed by atoms with van der Waals surface area (Å²) in [6.07, 6.45) is -11.0. The Bertz CT molecular complexity index is 548. The van der Waals surface area contributed by atoms with Gasteiger partial charge in [-0.05, 0) is 17.5 Å². The van der Waals surface area contributed by atoms with Gasteiger partial charge >= 0.3 is 23.9 Å². The van der Waals surface area contributed by atoms with E-state index in [0.717, 1.165) is 12.1 Å². The summed E-state index contributed by atoms with van der Waals surface area (Å²) < 4.78 is 114. The zero-order valence-electron chi connectivity index (χ0n) is 12.1. The van der Waals surface area contributed by atoms with E-state index in [9.17, 15) is 44.6 Å². The molecule has 0 heterocycles. The van der Waals surface area contributed by atoms with Crippen molar-refractivity contribution in [2.24, 2.45) is 0 Å². The molecule has 0 aromatic heterocycles. The van der Waals surface area contributed by atoms with Crippen LogP contribution >= 0.6 is 0 Å². The standard InChI is InChI=1S/C14H13F9O/c1-2-8-3-5-9(6-4-8)10(24)7-11(15,16)12(17,18)13(19,20)14(21,22)23/h3-6,10,24H,2,7H2,1H3. The van der Waals surface area contributed by atoms with Crippen LogP contribution in [0.15, 0.2) is 24.3 Å². The average molecular weight is 368 g/mol. The lowest BCUT2D eigenvalue weighted by molar-refractivity contribution is -0.398. The first-order valence-electron chi connectivity index (χ1n) is 6.64. The van der Waals surface area contributed by atoms with Crippen LogP contribution in [0.3, 0.4) is 0 Å². The highest BCUT2D eigenvalue weighted by atomic mass is 19.4. The summed E-state index contributed by atoms with van der Waals surface area (Å²) >= 11 is 0. The van der Waals surface area contributed by atoms with E-state index < -0.39 is 36.5 Å². The molecule has 10 heteroatoms. The molecule has 0 radical (unpaired) electrons. The van der Waals surface area contributed by atoms with Crippen molar-refractivity contribution in [2.45, 2.75) is 49.8 Å². The maximum Gasteiger partial charge on any atom is 0.460 e. The largest absolute Gasteiger partial charge is 0.460 e. The Morgan fingerprint density at radius 2 is 1.29 bits per heavy atom. The fourth-order valence-corrected chi connectivity index (χ4v) is 1.87. The van der Waals surface area contributed by atoms with Gasteiger partial charge in [0.25, 0.3) is 0 Å². The lowest BCUT2D eigenvalue weighted by atomic mass is 9.95. The Hall–Kier alpha value is -1.45. The molecule has 24 heavy (non-hydrogen) atoms. The van der Waals surface area contributed by atoms with Gasteiger partial charge in [0.1, 0.15) is 0 Å². The van der Waals surface area contributed by atoms with E-state index in [1.807, 2.05) is 0 Å². The minimum absolute atomic E-state index is 0.307. The van der Waals surface area contributed by atoms with E-state index in [-0.39, 0.29) is 5.56 Å². The van der Waals surface area contributed by atoms with Gasteiger partial charge in [0.2, 0.25) is 0 Å². The zero-order chi connectivity index (χ0) is 19.0. The quantitative estimate of drug-likeness (QED) is 0.690. The van der Waals surface area contributed by atoms with E-state index in [0.29, 0.717) is 12.0 Å². The summed E-state index contributed by atoms with van der Waals surface area (Å²) in [6, 6.07) is 4.94. The first-order chi connectivity index (χ1) is 10.7. The normalized spacial score (nSPS) is 15.5. The van der Waals surface area contributed by atoms with Crippen LogP contribution in [0.5, 0.6) is 0 Å². The van der Waals surface area contributed by atoms with Gasteiger partial charge in [0.05, 0.1) is 6.10 Å². The lowest BCUT2D eigenvalue weighted by Crippen LogP contribution is -2.61. The van der Waals surface area contributed by atoms with Crippen molar-refractivity contribution < 1.29 is 44.6 Å². The van der Waals surface area contributed by atoms with Crippen LogP contribution in [-0.2, 0) is 6.42 Å². The molecular formula is C14H13F9O. The summed E-state index contributed by atoms with van der Waals surface area (Å²) in [6.45, 7) is 1.75. The lowest BCUT2D eigenvalue weighted by Gasteiger charge is -2.34. The monoisotopic (exact) mass is 368 g/mol. The third-order valence-electron chi connectivity index (χ3n) is 3.43. The van der Waals surface area contributed by atoms with Crippen LogP contribution in [-0.4, -0.2) is 29.1 Å². The van der Waals surface area contributed by atoms with Gasteiger partial charge in [0.15, 0.2) is 0 Å². The van der Waals surface area contributed by atoms with Crippen molar-refractivity contribution in [1.29, 1.82) is 0 Å². The highest BCUT2D eigenvalue weighted by molar-refractivity contribution is 5.24. The summed E-state index contributed by atoms with van der Waals surface area (Å²) in [4.78, 5) is 0. The number of hydrogen-bond donors (Lipinski definition) is 1. The molecule has 0 aliphatic heterocycles. The topological polar surface area (TPSA) is 20.2 Å². The molecule has 0 spiro atoms. The Morgan fingerprint density at radius 3 is 1.67 bits per heavy atom. The fraction of sp³-hybridized carbons (Fsp3) is 0.571. The van der Waals surface area contributed by atoms with Crippen LogP contribution in [0.4, 0.5) is 39.5 Å². The van der Waals surface area contributed by atoms with Crippen molar-refractivity contribution >= 4 is 0 Å². The van der Waals surface area contributed by atoms with E-state index in [1.54, 1.807) is 6.92 Å². The first-order valence-corrected chi connectivity index (χ1v) is 6.64. The molecule has 1 atom stereocenters. The van der Waals surface area contributed by atoms with Gasteiger partial charge in [-0.3, -0.25) is 0 Å². The molecule has 0 bridgehead atoms. The predicted molar refractivity (Wildman–Crippen MR) is 66.3 cm³/mol. The van der Waals surface area contributed by atoms with E-state index >= 15 is 0 Å². The minimum Gasteiger partial charge on any atom is -0.388 e.